The molecule has 212 valence electrons. The predicted molar refractivity (Wildman–Crippen MR) is 116 cm³/mol. The van der Waals surface area contributed by atoms with Crippen LogP contribution in [0.5, 0.6) is 0 Å². The molecule has 15 heteroatoms. The molecule has 3 heterocycles. The topological polar surface area (TPSA) is 248 Å². The van der Waals surface area contributed by atoms with Crippen LogP contribution in [0.15, 0.2) is 24.0 Å². The van der Waals surface area contributed by atoms with Gasteiger partial charge in [0.25, 0.3) is 0 Å². The number of ether oxygens (including phenoxy) is 5. The van der Waals surface area contributed by atoms with Crippen LogP contribution in [0.4, 0.5) is 0 Å². The van der Waals surface area contributed by atoms with E-state index >= 15 is 0 Å². The van der Waals surface area contributed by atoms with Gasteiger partial charge in [0, 0.05) is 0 Å². The second-order valence-corrected chi connectivity index (χ2v) is 9.71. The molecule has 2 fully saturated rings. The molecule has 1 aliphatic carbocycles. The van der Waals surface area contributed by atoms with Crippen LogP contribution in [0.25, 0.3) is 0 Å². The maximum atomic E-state index is 11.1. The first-order valence-corrected chi connectivity index (χ1v) is 11.7. The molecular formula is C22H34O15. The summed E-state index contributed by atoms with van der Waals surface area (Å²) in [4.78, 5) is 0. The second kappa shape index (κ2) is 10.7. The summed E-state index contributed by atoms with van der Waals surface area (Å²) in [6, 6.07) is 0. The van der Waals surface area contributed by atoms with Gasteiger partial charge in [-0.3, -0.25) is 0 Å². The van der Waals surface area contributed by atoms with Gasteiger partial charge in [0.2, 0.25) is 6.29 Å². The van der Waals surface area contributed by atoms with Crippen LogP contribution in [-0.4, -0.2) is 150 Å². The van der Waals surface area contributed by atoms with E-state index in [1.807, 2.05) is 0 Å². The molecule has 4 aliphatic rings. The number of rotatable bonds is 7. The Labute approximate surface area is 211 Å². The van der Waals surface area contributed by atoms with Crippen molar-refractivity contribution in [3.05, 3.63) is 24.0 Å². The van der Waals surface area contributed by atoms with Crippen LogP contribution < -0.4 is 0 Å². The molecule has 0 aromatic heterocycles. The van der Waals surface area contributed by atoms with Crippen molar-refractivity contribution >= 4 is 0 Å². The van der Waals surface area contributed by atoms with Crippen molar-refractivity contribution in [2.45, 2.75) is 86.3 Å². The van der Waals surface area contributed by atoms with Gasteiger partial charge in [-0.05, 0) is 18.6 Å². The Hall–Kier alpha value is -1.28. The highest BCUT2D eigenvalue weighted by atomic mass is 16.8. The summed E-state index contributed by atoms with van der Waals surface area (Å²) in [5.41, 5.74) is -3.38. The Kier molecular flexibility index (Phi) is 8.31. The van der Waals surface area contributed by atoms with Gasteiger partial charge in [0.05, 0.1) is 31.5 Å². The Bertz CT molecular complexity index is 865. The molecule has 0 amide bonds. The van der Waals surface area contributed by atoms with Gasteiger partial charge in [-0.25, -0.2) is 0 Å². The summed E-state index contributed by atoms with van der Waals surface area (Å²) in [6.45, 7) is -0.593. The Morgan fingerprint density at radius 1 is 0.784 bits per heavy atom. The Morgan fingerprint density at radius 2 is 1.32 bits per heavy atom. The van der Waals surface area contributed by atoms with Crippen LogP contribution in [-0.2, 0) is 23.7 Å². The molecule has 0 aromatic rings. The molecule has 0 radical (unpaired) electrons. The minimum Gasteiger partial charge on any atom is -0.472 e. The quantitative estimate of drug-likeness (QED) is 0.136. The van der Waals surface area contributed by atoms with Crippen molar-refractivity contribution < 1.29 is 74.7 Å². The number of aliphatic hydroxyl groups excluding tert-OH is 10. The van der Waals surface area contributed by atoms with E-state index in [9.17, 15) is 51.1 Å². The van der Waals surface area contributed by atoms with Crippen LogP contribution in [0.3, 0.4) is 0 Å². The lowest BCUT2D eigenvalue weighted by atomic mass is 9.69. The van der Waals surface area contributed by atoms with E-state index in [1.54, 1.807) is 0 Å². The summed E-state index contributed by atoms with van der Waals surface area (Å²) in [5.74, 6) is 0. The Balaban J connectivity index is 1.66. The van der Waals surface area contributed by atoms with Crippen molar-refractivity contribution in [3.63, 3.8) is 0 Å². The van der Waals surface area contributed by atoms with Gasteiger partial charge < -0.3 is 74.7 Å². The monoisotopic (exact) mass is 538 g/mol. The SMILES string of the molecule is CC12C(CO)=CC(O)C1(OC1OC(CO)C(O)C(O)C1O)C=COC2OC1OC(CO)C(O)C(O)C1O. The number of fused-ring (bicyclic) bond motifs is 1. The molecule has 0 bridgehead atoms. The zero-order chi connectivity index (χ0) is 27.3. The molecule has 2 saturated heterocycles. The number of aliphatic hydroxyl groups is 10. The highest BCUT2D eigenvalue weighted by Crippen LogP contribution is 2.56. The van der Waals surface area contributed by atoms with Crippen molar-refractivity contribution in [3.8, 4) is 0 Å². The average Bonchev–Trinajstić information content (AvgIpc) is 3.11. The maximum Gasteiger partial charge on any atom is 0.214 e. The zero-order valence-electron chi connectivity index (χ0n) is 19.8. The van der Waals surface area contributed by atoms with Crippen LogP contribution in [0.1, 0.15) is 6.92 Å². The summed E-state index contributed by atoms with van der Waals surface area (Å²) in [7, 11) is 0. The molecule has 37 heavy (non-hydrogen) atoms. The largest absolute Gasteiger partial charge is 0.472 e. The highest BCUT2D eigenvalue weighted by molar-refractivity contribution is 5.39. The van der Waals surface area contributed by atoms with Crippen molar-refractivity contribution in [1.29, 1.82) is 0 Å². The van der Waals surface area contributed by atoms with E-state index in [-0.39, 0.29) is 5.57 Å². The average molecular weight is 538 g/mol. The van der Waals surface area contributed by atoms with Crippen molar-refractivity contribution in [2.75, 3.05) is 19.8 Å². The van der Waals surface area contributed by atoms with Gasteiger partial charge in [-0.2, -0.15) is 0 Å². The van der Waals surface area contributed by atoms with E-state index in [0.29, 0.717) is 0 Å². The minimum atomic E-state index is -1.89. The molecular weight excluding hydrogens is 504 g/mol. The van der Waals surface area contributed by atoms with Crippen LogP contribution in [0.2, 0.25) is 0 Å². The first kappa shape index (κ1) is 28.7. The van der Waals surface area contributed by atoms with E-state index < -0.39 is 105 Å². The lowest BCUT2D eigenvalue weighted by molar-refractivity contribution is -0.376. The van der Waals surface area contributed by atoms with Gasteiger partial charge in [-0.1, -0.05) is 6.08 Å². The maximum absolute atomic E-state index is 11.1. The Morgan fingerprint density at radius 3 is 1.86 bits per heavy atom. The van der Waals surface area contributed by atoms with Gasteiger partial charge in [0.15, 0.2) is 12.6 Å². The summed E-state index contributed by atoms with van der Waals surface area (Å²) in [5, 5.41) is 102. The fourth-order valence-corrected chi connectivity index (χ4v) is 5.28. The molecule has 0 aromatic carbocycles. The third kappa shape index (κ3) is 4.42. The van der Waals surface area contributed by atoms with Gasteiger partial charge >= 0.3 is 0 Å². The molecule has 3 aliphatic heterocycles. The third-order valence-electron chi connectivity index (χ3n) is 7.70. The third-order valence-corrected chi connectivity index (χ3v) is 7.70. The molecule has 15 nitrogen and oxygen atoms in total. The van der Waals surface area contributed by atoms with Crippen LogP contribution in [0, 0.1) is 5.41 Å². The fraction of sp³-hybridized carbons (Fsp3) is 0.818. The number of hydrogen-bond acceptors (Lipinski definition) is 15. The molecule has 14 unspecified atom stereocenters. The minimum absolute atomic E-state index is 0.142. The predicted octanol–water partition coefficient (Wildman–Crippen LogP) is -5.47. The normalized spacial score (nSPS) is 51.9. The number of hydrogen-bond donors (Lipinski definition) is 10. The lowest BCUT2D eigenvalue weighted by Crippen LogP contribution is -2.67. The van der Waals surface area contributed by atoms with Gasteiger partial charge in [0.1, 0.15) is 60.5 Å². The lowest BCUT2D eigenvalue weighted by Gasteiger charge is -2.53. The molecule has 4 rings (SSSR count). The van der Waals surface area contributed by atoms with Gasteiger partial charge in [-0.15, -0.1) is 0 Å². The molecule has 10 N–H and O–H groups in total. The first-order valence-electron chi connectivity index (χ1n) is 11.7. The van der Waals surface area contributed by atoms with Crippen molar-refractivity contribution in [2.24, 2.45) is 5.41 Å². The second-order valence-electron chi connectivity index (χ2n) is 9.71. The first-order chi connectivity index (χ1) is 17.5. The summed E-state index contributed by atoms with van der Waals surface area (Å²) < 4.78 is 28.3. The molecule has 0 saturated carbocycles. The van der Waals surface area contributed by atoms with E-state index in [2.05, 4.69) is 0 Å². The van der Waals surface area contributed by atoms with Crippen LogP contribution >= 0.6 is 0 Å². The van der Waals surface area contributed by atoms with E-state index in [0.717, 1.165) is 6.26 Å². The summed E-state index contributed by atoms with van der Waals surface area (Å²) >= 11 is 0. The fourth-order valence-electron chi connectivity index (χ4n) is 5.28. The van der Waals surface area contributed by atoms with E-state index in [4.69, 9.17) is 23.7 Å². The van der Waals surface area contributed by atoms with Crippen molar-refractivity contribution in [1.82, 2.24) is 0 Å². The highest BCUT2D eigenvalue weighted by Gasteiger charge is 2.67. The van der Waals surface area contributed by atoms with E-state index in [1.165, 1.54) is 19.1 Å². The summed E-state index contributed by atoms with van der Waals surface area (Å²) in [6.07, 6.45) is -15.7. The smallest absolute Gasteiger partial charge is 0.214 e. The standard InChI is InChI=1S/C22H34O15/c1-21-8(5-23)4-11(26)22(21,37-19-17(32)15(30)13(28)10(7-25)35-19)2-3-33-20(21)36-18-16(31)14(29)12(27)9(6-24)34-18/h2-4,9-20,23-32H,5-7H2,1H3. The molecule has 14 atom stereocenters. The molecule has 0 spiro atoms. The zero-order valence-corrected chi connectivity index (χ0v) is 19.8.